The molecule has 6 N–H and O–H groups in total. The first kappa shape index (κ1) is 34.8. The quantitative estimate of drug-likeness (QED) is 0.131. The molecule has 1 rings (SSSR count). The highest BCUT2D eigenvalue weighted by Crippen LogP contribution is 2.04. The van der Waals surface area contributed by atoms with Gasteiger partial charge in [0.25, 0.3) is 0 Å². The molecule has 0 aliphatic rings. The Bertz CT molecular complexity index is 777. The third kappa shape index (κ3) is 22.1. The summed E-state index contributed by atoms with van der Waals surface area (Å²) < 4.78 is 9.42. The Labute approximate surface area is 225 Å². The van der Waals surface area contributed by atoms with Gasteiger partial charge in [0.15, 0.2) is 6.10 Å². The van der Waals surface area contributed by atoms with Crippen LogP contribution in [0.15, 0.2) is 30.3 Å². The molecule has 1 atom stereocenters. The van der Waals surface area contributed by atoms with Crippen LogP contribution in [-0.4, -0.2) is 67.0 Å². The number of esters is 1. The molecule has 0 radical (unpaired) electrons. The van der Waals surface area contributed by atoms with Gasteiger partial charge < -0.3 is 36.1 Å². The van der Waals surface area contributed by atoms with Crippen molar-refractivity contribution in [2.75, 3.05) is 26.7 Å². The van der Waals surface area contributed by atoms with Crippen LogP contribution in [0.25, 0.3) is 0 Å². The van der Waals surface area contributed by atoms with Gasteiger partial charge in [-0.25, -0.2) is 9.59 Å². The van der Waals surface area contributed by atoms with Crippen molar-refractivity contribution < 1.29 is 38.9 Å². The average Bonchev–Trinajstić information content (AvgIpc) is 2.91. The molecule has 38 heavy (non-hydrogen) atoms. The lowest BCUT2D eigenvalue weighted by Crippen LogP contribution is -2.30. The molecule has 0 aromatic heterocycles. The normalized spacial score (nSPS) is 10.9. The van der Waals surface area contributed by atoms with Crippen LogP contribution in [0.4, 0.5) is 4.79 Å². The standard InChI is InChI=1S/C15H21NO4.C12H24N2O4/c17-14(18)10-6-1-2-7-11-16-15(19)20-12-13-8-4-3-5-9-13;1-18-12(17)10(15)7-9-14-11(16)6-4-2-3-5-8-13/h3-5,8-9H,1-2,6-7,10-12H2,(H,16,19)(H,17,18);10,15H,2-9,13H2,1H3,(H,14,16). The monoisotopic (exact) mass is 539 g/mol. The summed E-state index contributed by atoms with van der Waals surface area (Å²) in [6.07, 6.45) is 6.45. The number of hydrogen-bond donors (Lipinski definition) is 5. The van der Waals surface area contributed by atoms with Crippen LogP contribution in [-0.2, 0) is 30.5 Å². The summed E-state index contributed by atoms with van der Waals surface area (Å²) >= 11 is 0. The summed E-state index contributed by atoms with van der Waals surface area (Å²) in [5.41, 5.74) is 6.31. The molecule has 0 aliphatic heterocycles. The van der Waals surface area contributed by atoms with Crippen LogP contribution in [0.3, 0.4) is 0 Å². The number of carbonyl (C=O) groups is 4. The Balaban J connectivity index is 0.000000726. The number of aliphatic carboxylic acids is 1. The third-order valence-electron chi connectivity index (χ3n) is 5.37. The average molecular weight is 540 g/mol. The molecule has 11 heteroatoms. The number of carbonyl (C=O) groups excluding carboxylic acids is 3. The number of aliphatic hydroxyl groups excluding tert-OH is 1. The summed E-state index contributed by atoms with van der Waals surface area (Å²) in [7, 11) is 1.21. The first-order chi connectivity index (χ1) is 18.3. The lowest BCUT2D eigenvalue weighted by Gasteiger charge is -2.09. The summed E-state index contributed by atoms with van der Waals surface area (Å²) in [6.45, 7) is 1.79. The van der Waals surface area contributed by atoms with E-state index in [1.807, 2.05) is 30.3 Å². The van der Waals surface area contributed by atoms with E-state index in [2.05, 4.69) is 15.4 Å². The second-order valence-electron chi connectivity index (χ2n) is 8.68. The Hall–Kier alpha value is -3.18. The first-order valence-electron chi connectivity index (χ1n) is 13.2. The molecule has 11 nitrogen and oxygen atoms in total. The second-order valence-corrected chi connectivity index (χ2v) is 8.68. The largest absolute Gasteiger partial charge is 0.481 e. The SMILES string of the molecule is COC(=O)C(O)CCNC(=O)CCCCCCN.O=C(O)CCCCCCNC(=O)OCc1ccccc1. The Morgan fingerprint density at radius 1 is 0.868 bits per heavy atom. The van der Waals surface area contributed by atoms with Crippen molar-refractivity contribution in [2.24, 2.45) is 5.73 Å². The highest BCUT2D eigenvalue weighted by atomic mass is 16.5. The van der Waals surface area contributed by atoms with Crippen molar-refractivity contribution in [1.29, 1.82) is 0 Å². The van der Waals surface area contributed by atoms with Crippen molar-refractivity contribution in [3.8, 4) is 0 Å². The van der Waals surface area contributed by atoms with E-state index in [0.29, 0.717) is 25.9 Å². The minimum atomic E-state index is -1.17. The van der Waals surface area contributed by atoms with Crippen LogP contribution < -0.4 is 16.4 Å². The van der Waals surface area contributed by atoms with Gasteiger partial charge in [0, 0.05) is 32.4 Å². The van der Waals surface area contributed by atoms with E-state index in [-0.39, 0.29) is 31.9 Å². The zero-order valence-corrected chi connectivity index (χ0v) is 22.5. The Kier molecular flexibility index (Phi) is 22.2. The van der Waals surface area contributed by atoms with E-state index in [1.165, 1.54) is 7.11 Å². The molecule has 0 fully saturated rings. The number of methoxy groups -OCH3 is 1. The van der Waals surface area contributed by atoms with Gasteiger partial charge in [0.2, 0.25) is 5.91 Å². The van der Waals surface area contributed by atoms with Gasteiger partial charge in [-0.1, -0.05) is 56.0 Å². The maximum absolute atomic E-state index is 11.4. The fourth-order valence-electron chi connectivity index (χ4n) is 3.19. The molecule has 0 aliphatic carbocycles. The van der Waals surface area contributed by atoms with Crippen LogP contribution >= 0.6 is 0 Å². The number of unbranched alkanes of at least 4 members (excludes halogenated alkanes) is 6. The van der Waals surface area contributed by atoms with Crippen molar-refractivity contribution in [3.63, 3.8) is 0 Å². The highest BCUT2D eigenvalue weighted by Gasteiger charge is 2.14. The molecular formula is C27H45N3O8. The molecule has 1 unspecified atom stereocenters. The predicted molar refractivity (Wildman–Crippen MR) is 143 cm³/mol. The summed E-state index contributed by atoms with van der Waals surface area (Å²) in [4.78, 5) is 43.9. The van der Waals surface area contributed by atoms with Crippen molar-refractivity contribution in [3.05, 3.63) is 35.9 Å². The minimum absolute atomic E-state index is 0.0557. The van der Waals surface area contributed by atoms with Gasteiger partial charge in [0.1, 0.15) is 6.61 Å². The molecule has 216 valence electrons. The summed E-state index contributed by atoms with van der Waals surface area (Å²) in [5.74, 6) is -1.49. The van der Waals surface area contributed by atoms with Gasteiger partial charge in [-0.05, 0) is 37.8 Å². The fraction of sp³-hybridized carbons (Fsp3) is 0.630. The van der Waals surface area contributed by atoms with Gasteiger partial charge in [-0.3, -0.25) is 9.59 Å². The molecule has 2 amide bonds. The van der Waals surface area contributed by atoms with Gasteiger partial charge >= 0.3 is 18.0 Å². The topological polar surface area (TPSA) is 177 Å². The zero-order chi connectivity index (χ0) is 28.4. The van der Waals surface area contributed by atoms with Crippen LogP contribution in [0.2, 0.25) is 0 Å². The third-order valence-corrected chi connectivity index (χ3v) is 5.37. The van der Waals surface area contributed by atoms with E-state index >= 15 is 0 Å². The van der Waals surface area contributed by atoms with Crippen LogP contribution in [0.5, 0.6) is 0 Å². The van der Waals surface area contributed by atoms with Gasteiger partial charge in [0.05, 0.1) is 7.11 Å². The number of carboxylic acids is 1. The zero-order valence-electron chi connectivity index (χ0n) is 22.5. The van der Waals surface area contributed by atoms with Gasteiger partial charge in [-0.2, -0.15) is 0 Å². The lowest BCUT2D eigenvalue weighted by molar-refractivity contribution is -0.150. The number of amides is 2. The summed E-state index contributed by atoms with van der Waals surface area (Å²) in [6, 6.07) is 9.50. The van der Waals surface area contributed by atoms with Crippen molar-refractivity contribution >= 4 is 23.9 Å². The molecule has 0 bridgehead atoms. The van der Waals surface area contributed by atoms with Crippen LogP contribution in [0.1, 0.15) is 76.2 Å². The molecule has 0 heterocycles. The Morgan fingerprint density at radius 2 is 1.50 bits per heavy atom. The number of rotatable bonds is 19. The minimum Gasteiger partial charge on any atom is -0.481 e. The van der Waals surface area contributed by atoms with E-state index in [1.54, 1.807) is 0 Å². The number of carboxylic acid groups (broad SMARTS) is 1. The highest BCUT2D eigenvalue weighted by molar-refractivity contribution is 5.76. The first-order valence-corrected chi connectivity index (χ1v) is 13.2. The number of alkyl carbamates (subject to hydrolysis) is 1. The molecule has 0 saturated heterocycles. The smallest absolute Gasteiger partial charge is 0.407 e. The molecule has 0 saturated carbocycles. The number of aliphatic hydroxyl groups is 1. The van der Waals surface area contributed by atoms with Crippen molar-refractivity contribution in [1.82, 2.24) is 10.6 Å². The Morgan fingerprint density at radius 3 is 2.13 bits per heavy atom. The van der Waals surface area contributed by atoms with Gasteiger partial charge in [-0.15, -0.1) is 0 Å². The van der Waals surface area contributed by atoms with Crippen molar-refractivity contribution in [2.45, 2.75) is 83.3 Å². The maximum atomic E-state index is 11.4. The number of hydrogen-bond acceptors (Lipinski definition) is 8. The number of benzene rings is 1. The van der Waals surface area contributed by atoms with Crippen LogP contribution in [0, 0.1) is 0 Å². The maximum Gasteiger partial charge on any atom is 0.407 e. The van der Waals surface area contributed by atoms with E-state index < -0.39 is 24.1 Å². The fourth-order valence-corrected chi connectivity index (χ4v) is 3.19. The number of nitrogens with two attached hydrogens (primary N) is 1. The van der Waals surface area contributed by atoms with E-state index in [9.17, 15) is 24.3 Å². The molecule has 1 aromatic rings. The number of nitrogens with one attached hydrogen (secondary N) is 2. The molecular weight excluding hydrogens is 494 g/mol. The summed E-state index contributed by atoms with van der Waals surface area (Å²) in [5, 5.41) is 23.1. The molecule has 1 aromatic carbocycles. The molecule has 0 spiro atoms. The lowest BCUT2D eigenvalue weighted by atomic mass is 10.1. The number of ether oxygens (including phenoxy) is 2. The second kappa shape index (κ2) is 24.2. The predicted octanol–water partition coefficient (Wildman–Crippen LogP) is 2.88. The van der Waals surface area contributed by atoms with E-state index in [4.69, 9.17) is 15.6 Å². The van der Waals surface area contributed by atoms with E-state index in [0.717, 1.165) is 50.5 Å².